The van der Waals surface area contributed by atoms with Gasteiger partial charge in [-0.25, -0.2) is 0 Å². The molecule has 0 spiro atoms. The average Bonchev–Trinajstić information content (AvgIpc) is 2.92. The van der Waals surface area contributed by atoms with Crippen LogP contribution in [0.1, 0.15) is 19.9 Å². The third-order valence-electron chi connectivity index (χ3n) is 4.02. The second-order valence-electron chi connectivity index (χ2n) is 5.84. The first-order valence-electron chi connectivity index (χ1n) is 7.55. The zero-order valence-electron chi connectivity index (χ0n) is 12.7. The van der Waals surface area contributed by atoms with Gasteiger partial charge < -0.3 is 0 Å². The maximum absolute atomic E-state index is 4.87. The van der Waals surface area contributed by atoms with Crippen LogP contribution < -0.4 is 0 Å². The zero-order chi connectivity index (χ0) is 15.1. The molecule has 2 aromatic heterocycles. The monoisotopic (exact) mass is 287 g/mol. The molecule has 0 aliphatic rings. The van der Waals surface area contributed by atoms with Crippen LogP contribution in [0.2, 0.25) is 0 Å². The number of hydrogen-bond donors (Lipinski definition) is 0. The summed E-state index contributed by atoms with van der Waals surface area (Å²) in [5.74, 6) is 0. The predicted molar refractivity (Wildman–Crippen MR) is 90.9 cm³/mol. The molecular weight excluding hydrogens is 270 g/mol. The molecule has 2 aromatic carbocycles. The molecule has 22 heavy (non-hydrogen) atoms. The molecule has 0 amide bonds. The van der Waals surface area contributed by atoms with Crippen molar-refractivity contribution < 1.29 is 0 Å². The summed E-state index contributed by atoms with van der Waals surface area (Å²) in [5.41, 5.74) is 3.31. The number of fused-ring (bicyclic) bond motifs is 2. The van der Waals surface area contributed by atoms with Crippen LogP contribution >= 0.6 is 0 Å². The summed E-state index contributed by atoms with van der Waals surface area (Å²) in [6.07, 6.45) is 3.63. The normalized spacial score (nSPS) is 11.6. The topological polar surface area (TPSA) is 30.7 Å². The molecule has 2 heterocycles. The van der Waals surface area contributed by atoms with E-state index in [0.29, 0.717) is 6.04 Å². The largest absolute Gasteiger partial charge is 0.265 e. The van der Waals surface area contributed by atoms with E-state index in [1.54, 1.807) is 0 Å². The summed E-state index contributed by atoms with van der Waals surface area (Å²) in [6.45, 7) is 4.33. The number of hydrogen-bond acceptors (Lipinski definition) is 2. The molecule has 0 saturated carbocycles. The summed E-state index contributed by atoms with van der Waals surface area (Å²) >= 11 is 0. The van der Waals surface area contributed by atoms with Gasteiger partial charge in [-0.3, -0.25) is 9.67 Å². The Morgan fingerprint density at radius 3 is 2.27 bits per heavy atom. The Labute approximate surface area is 129 Å². The van der Waals surface area contributed by atoms with Crippen molar-refractivity contribution in [3.63, 3.8) is 0 Å². The zero-order valence-corrected chi connectivity index (χ0v) is 12.7. The van der Waals surface area contributed by atoms with Crippen molar-refractivity contribution in [1.29, 1.82) is 0 Å². The summed E-state index contributed by atoms with van der Waals surface area (Å²) in [6, 6.07) is 17.3. The molecule has 4 rings (SSSR count). The van der Waals surface area contributed by atoms with Gasteiger partial charge in [0.2, 0.25) is 0 Å². The molecule has 0 radical (unpaired) electrons. The Hall–Kier alpha value is -2.68. The molecular formula is C19H17N3. The van der Waals surface area contributed by atoms with Crippen LogP contribution in [0.25, 0.3) is 32.9 Å². The van der Waals surface area contributed by atoms with Crippen molar-refractivity contribution in [2.24, 2.45) is 0 Å². The first-order valence-corrected chi connectivity index (χ1v) is 7.55. The smallest absolute Gasteiger partial charge is 0.100 e. The third-order valence-corrected chi connectivity index (χ3v) is 4.02. The van der Waals surface area contributed by atoms with Gasteiger partial charge in [-0.15, -0.1) is 0 Å². The Bertz CT molecular complexity index is 952. The van der Waals surface area contributed by atoms with Crippen molar-refractivity contribution >= 4 is 21.7 Å². The van der Waals surface area contributed by atoms with E-state index in [9.17, 15) is 0 Å². The Morgan fingerprint density at radius 2 is 1.59 bits per heavy atom. The molecule has 0 aliphatic carbocycles. The van der Waals surface area contributed by atoms with Crippen LogP contribution in [0.5, 0.6) is 0 Å². The van der Waals surface area contributed by atoms with Gasteiger partial charge in [-0.2, -0.15) is 5.10 Å². The summed E-state index contributed by atoms with van der Waals surface area (Å²) in [5, 5.41) is 8.56. The fourth-order valence-electron chi connectivity index (χ4n) is 2.94. The van der Waals surface area contributed by atoms with Gasteiger partial charge in [0, 0.05) is 29.4 Å². The summed E-state index contributed by atoms with van der Waals surface area (Å²) < 4.78 is 2.11. The maximum Gasteiger partial charge on any atom is 0.100 e. The molecule has 0 atom stereocenters. The minimum Gasteiger partial charge on any atom is -0.265 e. The molecule has 0 bridgehead atoms. The molecule has 0 N–H and O–H groups in total. The quantitative estimate of drug-likeness (QED) is 0.528. The minimum absolute atomic E-state index is 0.319. The number of nitrogens with zero attached hydrogens (tertiary/aromatic N) is 3. The van der Waals surface area contributed by atoms with Crippen LogP contribution in [-0.4, -0.2) is 14.8 Å². The van der Waals surface area contributed by atoms with Crippen molar-refractivity contribution in [1.82, 2.24) is 14.8 Å². The van der Waals surface area contributed by atoms with Crippen LogP contribution in [0.3, 0.4) is 0 Å². The fraction of sp³-hybridized carbons (Fsp3) is 0.158. The molecule has 0 unspecified atom stereocenters. The molecule has 0 aliphatic heterocycles. The Balaban J connectivity index is 2.10. The second-order valence-corrected chi connectivity index (χ2v) is 5.84. The van der Waals surface area contributed by atoms with Gasteiger partial charge >= 0.3 is 0 Å². The number of pyridine rings is 1. The highest BCUT2D eigenvalue weighted by atomic mass is 15.3. The summed E-state index contributed by atoms with van der Waals surface area (Å²) in [7, 11) is 0. The highest BCUT2D eigenvalue weighted by Crippen LogP contribution is 2.32. The van der Waals surface area contributed by atoms with Crippen molar-refractivity contribution in [3.05, 3.63) is 60.9 Å². The molecule has 0 fully saturated rings. The van der Waals surface area contributed by atoms with Gasteiger partial charge in [0.15, 0.2) is 0 Å². The van der Waals surface area contributed by atoms with E-state index >= 15 is 0 Å². The summed E-state index contributed by atoms with van der Waals surface area (Å²) in [4.78, 5) is 4.11. The molecule has 108 valence electrons. The molecule has 3 heteroatoms. The van der Waals surface area contributed by atoms with E-state index in [2.05, 4.69) is 59.9 Å². The van der Waals surface area contributed by atoms with E-state index in [4.69, 9.17) is 5.10 Å². The van der Waals surface area contributed by atoms with Gasteiger partial charge in [-0.1, -0.05) is 24.3 Å². The average molecular weight is 287 g/mol. The standard InChI is InChI=1S/C19H17N3/c1-13(2)22-18-12-16-6-4-3-5-15(16)11-17(18)19(21-22)14-7-9-20-10-8-14/h3-13H,1-2H3. The lowest BCUT2D eigenvalue weighted by Crippen LogP contribution is -2.02. The van der Waals surface area contributed by atoms with E-state index in [1.807, 2.05) is 24.5 Å². The lowest BCUT2D eigenvalue weighted by Gasteiger charge is -2.07. The maximum atomic E-state index is 4.87. The van der Waals surface area contributed by atoms with Crippen LogP contribution in [0, 0.1) is 0 Å². The first-order chi connectivity index (χ1) is 10.7. The Kier molecular flexibility index (Phi) is 2.93. The van der Waals surface area contributed by atoms with Gasteiger partial charge in [0.25, 0.3) is 0 Å². The van der Waals surface area contributed by atoms with E-state index in [-0.39, 0.29) is 0 Å². The van der Waals surface area contributed by atoms with E-state index < -0.39 is 0 Å². The van der Waals surface area contributed by atoms with Crippen molar-refractivity contribution in [2.45, 2.75) is 19.9 Å². The van der Waals surface area contributed by atoms with Gasteiger partial charge in [-0.05, 0) is 48.9 Å². The highest BCUT2D eigenvalue weighted by molar-refractivity contribution is 6.02. The van der Waals surface area contributed by atoms with Crippen molar-refractivity contribution in [3.8, 4) is 11.3 Å². The van der Waals surface area contributed by atoms with Crippen molar-refractivity contribution in [2.75, 3.05) is 0 Å². The molecule has 0 saturated heterocycles. The number of rotatable bonds is 2. The third kappa shape index (κ3) is 1.98. The van der Waals surface area contributed by atoms with Crippen LogP contribution in [0.4, 0.5) is 0 Å². The fourth-order valence-corrected chi connectivity index (χ4v) is 2.94. The van der Waals surface area contributed by atoms with Gasteiger partial charge in [0.05, 0.1) is 5.52 Å². The van der Waals surface area contributed by atoms with Crippen LogP contribution in [-0.2, 0) is 0 Å². The van der Waals surface area contributed by atoms with Gasteiger partial charge in [0.1, 0.15) is 5.69 Å². The minimum atomic E-state index is 0.319. The number of benzene rings is 2. The number of aromatic nitrogens is 3. The molecule has 4 aromatic rings. The molecule has 3 nitrogen and oxygen atoms in total. The highest BCUT2D eigenvalue weighted by Gasteiger charge is 2.14. The lowest BCUT2D eigenvalue weighted by molar-refractivity contribution is 0.552. The Morgan fingerprint density at radius 1 is 0.909 bits per heavy atom. The van der Waals surface area contributed by atoms with Crippen LogP contribution in [0.15, 0.2) is 60.9 Å². The van der Waals surface area contributed by atoms with E-state index in [0.717, 1.165) is 11.3 Å². The second kappa shape index (κ2) is 4.95. The SMILES string of the molecule is CC(C)n1nc(-c2ccncc2)c2cc3ccccc3cc21. The predicted octanol–water partition coefficient (Wildman–Crippen LogP) is 4.83. The van der Waals surface area contributed by atoms with E-state index in [1.165, 1.54) is 21.7 Å². The lowest BCUT2D eigenvalue weighted by atomic mass is 10.0. The first kappa shape index (κ1) is 13.0.